The molecule has 2 saturated carbocycles. The van der Waals surface area contributed by atoms with E-state index in [0.717, 1.165) is 37.8 Å². The largest absolute Gasteiger partial charge is 0.373 e. The Kier molecular flexibility index (Phi) is 4.95. The molecule has 2 fully saturated rings. The van der Waals surface area contributed by atoms with Gasteiger partial charge in [0.15, 0.2) is 0 Å². The lowest BCUT2D eigenvalue weighted by Crippen LogP contribution is -2.39. The molecule has 2 aliphatic rings. The number of amides is 1. The van der Waals surface area contributed by atoms with Gasteiger partial charge in [-0.2, -0.15) is 0 Å². The number of halogens is 1. The van der Waals surface area contributed by atoms with Crippen molar-refractivity contribution in [3.8, 4) is 0 Å². The average Bonchev–Trinajstić information content (AvgIpc) is 3.24. The van der Waals surface area contributed by atoms with E-state index in [4.69, 9.17) is 4.74 Å². The molecule has 132 valence electrons. The third kappa shape index (κ3) is 4.56. The first-order valence-corrected chi connectivity index (χ1v) is 9.03. The fourth-order valence-corrected chi connectivity index (χ4v) is 3.60. The minimum atomic E-state index is -0.227. The molecule has 24 heavy (non-hydrogen) atoms. The van der Waals surface area contributed by atoms with Crippen molar-refractivity contribution in [1.82, 2.24) is 5.32 Å². The van der Waals surface area contributed by atoms with Crippen molar-refractivity contribution in [2.75, 3.05) is 6.54 Å². The zero-order valence-corrected chi connectivity index (χ0v) is 14.8. The van der Waals surface area contributed by atoms with Crippen LogP contribution >= 0.6 is 0 Å². The number of nitrogens with one attached hydrogen (secondary N) is 1. The van der Waals surface area contributed by atoms with Crippen LogP contribution in [0.2, 0.25) is 0 Å². The van der Waals surface area contributed by atoms with Gasteiger partial charge in [-0.1, -0.05) is 12.1 Å². The highest BCUT2D eigenvalue weighted by Gasteiger charge is 2.43. The van der Waals surface area contributed by atoms with Crippen LogP contribution in [0.25, 0.3) is 0 Å². The SMILES string of the molecule is CC(C)(C)OC1CC(CCNC(=O)[C@@H]2C[C@H]2c2ccc(F)cc2)C1. The van der Waals surface area contributed by atoms with Crippen LogP contribution in [0.1, 0.15) is 57.9 Å². The molecule has 2 atom stereocenters. The Bertz CT molecular complexity index is 572. The first-order valence-electron chi connectivity index (χ1n) is 9.03. The predicted octanol–water partition coefficient (Wildman–Crippen LogP) is 4.03. The van der Waals surface area contributed by atoms with Gasteiger partial charge in [0.05, 0.1) is 11.7 Å². The van der Waals surface area contributed by atoms with Gasteiger partial charge in [-0.25, -0.2) is 4.39 Å². The molecule has 3 rings (SSSR count). The van der Waals surface area contributed by atoms with Crippen LogP contribution in [-0.2, 0) is 9.53 Å². The molecule has 4 heteroatoms. The number of hydrogen-bond acceptors (Lipinski definition) is 2. The quantitative estimate of drug-likeness (QED) is 0.853. The van der Waals surface area contributed by atoms with E-state index in [1.807, 2.05) is 0 Å². The summed E-state index contributed by atoms with van der Waals surface area (Å²) in [6.07, 6.45) is 4.51. The molecule has 1 aromatic rings. The van der Waals surface area contributed by atoms with Gasteiger partial charge in [0.25, 0.3) is 0 Å². The van der Waals surface area contributed by atoms with Crippen LogP contribution in [-0.4, -0.2) is 24.2 Å². The molecule has 0 aliphatic heterocycles. The first-order chi connectivity index (χ1) is 11.3. The molecule has 0 bridgehead atoms. The van der Waals surface area contributed by atoms with Crippen molar-refractivity contribution in [3.63, 3.8) is 0 Å². The average molecular weight is 333 g/mol. The van der Waals surface area contributed by atoms with Crippen LogP contribution in [0.5, 0.6) is 0 Å². The number of ether oxygens (including phenoxy) is 1. The lowest BCUT2D eigenvalue weighted by Gasteiger charge is -2.39. The minimum Gasteiger partial charge on any atom is -0.373 e. The Morgan fingerprint density at radius 1 is 1.21 bits per heavy atom. The molecular formula is C20H28FNO2. The number of hydrogen-bond donors (Lipinski definition) is 1. The Balaban J connectivity index is 1.31. The van der Waals surface area contributed by atoms with Crippen molar-refractivity contribution < 1.29 is 13.9 Å². The molecule has 0 saturated heterocycles. The Morgan fingerprint density at radius 2 is 1.88 bits per heavy atom. The van der Waals surface area contributed by atoms with Gasteiger partial charge in [0, 0.05) is 12.5 Å². The number of benzene rings is 1. The summed E-state index contributed by atoms with van der Waals surface area (Å²) in [6, 6.07) is 6.51. The van der Waals surface area contributed by atoms with Gasteiger partial charge in [-0.05, 0) is 76.0 Å². The third-order valence-electron chi connectivity index (χ3n) is 4.99. The van der Waals surface area contributed by atoms with Gasteiger partial charge in [0.2, 0.25) is 5.91 Å². The van der Waals surface area contributed by atoms with Crippen LogP contribution < -0.4 is 5.32 Å². The molecule has 0 radical (unpaired) electrons. The second-order valence-electron chi connectivity index (χ2n) is 8.27. The van der Waals surface area contributed by atoms with Crippen LogP contribution in [0.15, 0.2) is 24.3 Å². The molecule has 3 nitrogen and oxygen atoms in total. The zero-order valence-electron chi connectivity index (χ0n) is 14.8. The monoisotopic (exact) mass is 333 g/mol. The van der Waals surface area contributed by atoms with Crippen molar-refractivity contribution in [2.45, 2.75) is 64.1 Å². The second-order valence-corrected chi connectivity index (χ2v) is 8.27. The fourth-order valence-electron chi connectivity index (χ4n) is 3.60. The summed E-state index contributed by atoms with van der Waals surface area (Å²) < 4.78 is 18.9. The van der Waals surface area contributed by atoms with Crippen molar-refractivity contribution in [1.29, 1.82) is 0 Å². The van der Waals surface area contributed by atoms with Gasteiger partial charge in [-0.3, -0.25) is 4.79 Å². The Labute approximate surface area is 144 Å². The van der Waals surface area contributed by atoms with E-state index in [-0.39, 0.29) is 29.2 Å². The molecule has 0 unspecified atom stereocenters. The maximum Gasteiger partial charge on any atom is 0.223 e. The van der Waals surface area contributed by atoms with E-state index >= 15 is 0 Å². The van der Waals surface area contributed by atoms with E-state index in [1.165, 1.54) is 12.1 Å². The van der Waals surface area contributed by atoms with E-state index in [9.17, 15) is 9.18 Å². The molecule has 0 aromatic heterocycles. The number of carbonyl (C=O) groups excluding carboxylic acids is 1. The van der Waals surface area contributed by atoms with Gasteiger partial charge in [-0.15, -0.1) is 0 Å². The summed E-state index contributed by atoms with van der Waals surface area (Å²) in [5.41, 5.74) is 1.00. The van der Waals surface area contributed by atoms with E-state index in [2.05, 4.69) is 26.1 Å². The summed E-state index contributed by atoms with van der Waals surface area (Å²) in [7, 11) is 0. The summed E-state index contributed by atoms with van der Waals surface area (Å²) in [4.78, 5) is 12.2. The highest BCUT2D eigenvalue weighted by atomic mass is 19.1. The van der Waals surface area contributed by atoms with Crippen molar-refractivity contribution >= 4 is 5.91 Å². The second kappa shape index (κ2) is 6.83. The molecule has 1 aromatic carbocycles. The Hall–Kier alpha value is -1.42. The minimum absolute atomic E-state index is 0.0637. The van der Waals surface area contributed by atoms with Crippen LogP contribution in [0, 0.1) is 17.7 Å². The van der Waals surface area contributed by atoms with Crippen molar-refractivity contribution in [2.24, 2.45) is 11.8 Å². The molecular weight excluding hydrogens is 305 g/mol. The number of carbonyl (C=O) groups is 1. The molecule has 0 heterocycles. The standard InChI is InChI=1S/C20H28FNO2/c1-20(2,3)24-16-10-13(11-16)8-9-22-19(23)18-12-17(18)14-4-6-15(21)7-5-14/h4-7,13,16-18H,8-12H2,1-3H3,(H,22,23)/t13?,16?,17-,18+/m0/s1. The van der Waals surface area contributed by atoms with Crippen LogP contribution in [0.4, 0.5) is 4.39 Å². The maximum atomic E-state index is 12.9. The summed E-state index contributed by atoms with van der Waals surface area (Å²) in [5.74, 6) is 0.915. The molecule has 0 spiro atoms. The summed E-state index contributed by atoms with van der Waals surface area (Å²) in [5, 5.41) is 3.06. The summed E-state index contributed by atoms with van der Waals surface area (Å²) in [6.45, 7) is 7.02. The van der Waals surface area contributed by atoms with Gasteiger partial charge >= 0.3 is 0 Å². The lowest BCUT2D eigenvalue weighted by molar-refractivity contribution is -0.123. The maximum absolute atomic E-state index is 12.9. The number of rotatable bonds is 6. The van der Waals surface area contributed by atoms with Crippen molar-refractivity contribution in [3.05, 3.63) is 35.6 Å². The third-order valence-corrected chi connectivity index (χ3v) is 4.99. The lowest BCUT2D eigenvalue weighted by atomic mass is 9.79. The highest BCUT2D eigenvalue weighted by Crippen LogP contribution is 2.47. The highest BCUT2D eigenvalue weighted by molar-refractivity contribution is 5.82. The molecule has 2 aliphatic carbocycles. The smallest absolute Gasteiger partial charge is 0.223 e. The zero-order chi connectivity index (χ0) is 17.3. The topological polar surface area (TPSA) is 38.3 Å². The van der Waals surface area contributed by atoms with Gasteiger partial charge < -0.3 is 10.1 Å². The van der Waals surface area contributed by atoms with Gasteiger partial charge in [0.1, 0.15) is 5.82 Å². The Morgan fingerprint density at radius 3 is 2.50 bits per heavy atom. The molecule has 1 amide bonds. The van der Waals surface area contributed by atoms with E-state index in [0.29, 0.717) is 12.0 Å². The predicted molar refractivity (Wildman–Crippen MR) is 92.2 cm³/mol. The fraction of sp³-hybridized carbons (Fsp3) is 0.650. The molecule has 1 N–H and O–H groups in total. The summed E-state index contributed by atoms with van der Waals surface area (Å²) >= 11 is 0. The first kappa shape index (κ1) is 17.4. The van der Waals surface area contributed by atoms with E-state index in [1.54, 1.807) is 12.1 Å². The van der Waals surface area contributed by atoms with E-state index < -0.39 is 0 Å². The van der Waals surface area contributed by atoms with Crippen LogP contribution in [0.3, 0.4) is 0 Å². The normalized spacial score (nSPS) is 29.0.